The smallest absolute Gasteiger partial charge is 0.462 e. The molecular weight excluding hydrogens is 1280 g/mol. The van der Waals surface area contributed by atoms with Gasteiger partial charge in [0, 0.05) is 25.7 Å². The third-order valence-corrected chi connectivity index (χ3v) is 17.3. The molecule has 0 bridgehead atoms. The number of carbonyl (C=O) groups excluding carboxylic acids is 4. The lowest BCUT2D eigenvalue weighted by molar-refractivity contribution is -0.161. The van der Waals surface area contributed by atoms with E-state index in [-0.39, 0.29) is 25.7 Å². The lowest BCUT2D eigenvalue weighted by atomic mass is 10.1. The normalized spacial score (nSPS) is 14.6. The van der Waals surface area contributed by atoms with Crippen LogP contribution in [0.4, 0.5) is 0 Å². The topological polar surface area (TPSA) is 237 Å². The fraction of sp³-hybridized carbons (Fsp3) is 0.696. The zero-order valence-electron chi connectivity index (χ0n) is 61.2. The van der Waals surface area contributed by atoms with Crippen molar-refractivity contribution in [2.45, 2.75) is 316 Å². The van der Waals surface area contributed by atoms with E-state index in [0.29, 0.717) is 25.7 Å². The summed E-state index contributed by atoms with van der Waals surface area (Å²) in [5.74, 6) is -2.23. The molecule has 0 radical (unpaired) electrons. The summed E-state index contributed by atoms with van der Waals surface area (Å²) in [4.78, 5) is 72.8. The van der Waals surface area contributed by atoms with Crippen molar-refractivity contribution in [2.24, 2.45) is 0 Å². The van der Waals surface area contributed by atoms with Crippen LogP contribution in [0.1, 0.15) is 297 Å². The highest BCUT2D eigenvalue weighted by Crippen LogP contribution is 2.45. The van der Waals surface area contributed by atoms with Crippen LogP contribution in [-0.4, -0.2) is 96.7 Å². The van der Waals surface area contributed by atoms with Crippen molar-refractivity contribution in [1.82, 2.24) is 0 Å². The van der Waals surface area contributed by atoms with Gasteiger partial charge >= 0.3 is 39.5 Å². The van der Waals surface area contributed by atoms with Crippen molar-refractivity contribution in [2.75, 3.05) is 39.6 Å². The minimum Gasteiger partial charge on any atom is -0.462 e. The van der Waals surface area contributed by atoms with E-state index >= 15 is 0 Å². The maximum absolute atomic E-state index is 13.1. The van der Waals surface area contributed by atoms with E-state index in [1.165, 1.54) is 0 Å². The fourth-order valence-electron chi connectivity index (χ4n) is 9.68. The summed E-state index contributed by atoms with van der Waals surface area (Å²) in [6, 6.07) is 0. The highest BCUT2D eigenvalue weighted by atomic mass is 31.2. The molecule has 0 amide bonds. The highest BCUT2D eigenvalue weighted by Gasteiger charge is 2.30. The summed E-state index contributed by atoms with van der Waals surface area (Å²) >= 11 is 0. The Balaban J connectivity index is 5.36. The largest absolute Gasteiger partial charge is 0.472 e. The van der Waals surface area contributed by atoms with Gasteiger partial charge in [-0.2, -0.15) is 0 Å². The monoisotopic (exact) mass is 1420 g/mol. The quantitative estimate of drug-likeness (QED) is 0.0169. The Bertz CT molecular complexity index is 2340. The van der Waals surface area contributed by atoms with Crippen LogP contribution >= 0.6 is 15.6 Å². The Morgan fingerprint density at radius 1 is 0.296 bits per heavy atom. The Morgan fingerprint density at radius 3 is 0.816 bits per heavy atom. The second kappa shape index (κ2) is 70.9. The number of unbranched alkanes of at least 4 members (excludes halogenated alkanes) is 24. The molecule has 0 fully saturated rings. The van der Waals surface area contributed by atoms with Crippen LogP contribution in [-0.2, 0) is 65.4 Å². The Hall–Kier alpha value is -4.54. The number of esters is 4. The number of phosphoric ester groups is 2. The van der Waals surface area contributed by atoms with Gasteiger partial charge in [0.25, 0.3) is 0 Å². The molecule has 5 unspecified atom stereocenters. The van der Waals surface area contributed by atoms with Gasteiger partial charge in [0.15, 0.2) is 12.2 Å². The second-order valence-electron chi connectivity index (χ2n) is 24.8. The SMILES string of the molecule is CC/C=C\C/C=C\C/C=C\CCCCCCCCCC(=O)OCC(COP(=O)(O)OCC(O)COP(=O)(O)OCC(COC(=O)CCCCCCC/C=C\C/C=C\C/C=C\CC)OC(=O)CCCCCCC/C=C\C/C=C\CCC)OC(=O)CCCCCCC/C=C\C/C=C\CCC. The summed E-state index contributed by atoms with van der Waals surface area (Å²) in [7, 11) is -9.96. The van der Waals surface area contributed by atoms with Crippen LogP contribution in [0.15, 0.2) is 122 Å². The molecule has 5 atom stereocenters. The van der Waals surface area contributed by atoms with E-state index in [1.54, 1.807) is 0 Å². The van der Waals surface area contributed by atoms with Gasteiger partial charge in [0.05, 0.1) is 26.4 Å². The van der Waals surface area contributed by atoms with E-state index < -0.39 is 97.5 Å². The van der Waals surface area contributed by atoms with Gasteiger partial charge in [-0.25, -0.2) is 9.13 Å². The molecule has 0 aliphatic heterocycles. The summed E-state index contributed by atoms with van der Waals surface area (Å²) in [5, 5.41) is 10.6. The van der Waals surface area contributed by atoms with Crippen LogP contribution < -0.4 is 0 Å². The molecule has 0 saturated heterocycles. The van der Waals surface area contributed by atoms with E-state index in [9.17, 15) is 43.2 Å². The molecule has 0 spiro atoms. The number of hydrogen-bond acceptors (Lipinski definition) is 15. The molecule has 0 aliphatic carbocycles. The van der Waals surface area contributed by atoms with Crippen LogP contribution in [0.3, 0.4) is 0 Å². The van der Waals surface area contributed by atoms with Crippen molar-refractivity contribution >= 4 is 39.5 Å². The third-order valence-electron chi connectivity index (χ3n) is 15.4. The predicted molar refractivity (Wildman–Crippen MR) is 399 cm³/mol. The lowest BCUT2D eigenvalue weighted by Crippen LogP contribution is -2.30. The summed E-state index contributed by atoms with van der Waals surface area (Å²) in [5.41, 5.74) is 0. The van der Waals surface area contributed by atoms with E-state index in [4.69, 9.17) is 37.0 Å². The molecule has 0 aromatic carbocycles. The van der Waals surface area contributed by atoms with E-state index in [1.807, 2.05) is 0 Å². The zero-order valence-corrected chi connectivity index (χ0v) is 63.0. The van der Waals surface area contributed by atoms with Crippen LogP contribution in [0.25, 0.3) is 0 Å². The number of phosphoric acid groups is 2. The van der Waals surface area contributed by atoms with Gasteiger partial charge in [-0.15, -0.1) is 0 Å². The third kappa shape index (κ3) is 69.9. The van der Waals surface area contributed by atoms with Gasteiger partial charge in [0.2, 0.25) is 0 Å². The summed E-state index contributed by atoms with van der Waals surface area (Å²) < 4.78 is 68.4. The molecular formula is C79H134O17P2. The highest BCUT2D eigenvalue weighted by molar-refractivity contribution is 7.47. The van der Waals surface area contributed by atoms with Gasteiger partial charge in [-0.3, -0.25) is 37.3 Å². The zero-order chi connectivity index (χ0) is 71.8. The van der Waals surface area contributed by atoms with Crippen molar-refractivity contribution in [3.8, 4) is 0 Å². The number of carbonyl (C=O) groups is 4. The second-order valence-corrected chi connectivity index (χ2v) is 27.7. The summed E-state index contributed by atoms with van der Waals surface area (Å²) in [6.45, 7) is 4.46. The van der Waals surface area contributed by atoms with Gasteiger partial charge in [-0.1, -0.05) is 252 Å². The standard InChI is InChI=1S/C79H134O17P2/c1-5-9-13-17-21-25-29-33-35-36-38-42-44-48-52-56-60-64-77(82)90-70-75(96-79(84)66-62-58-54-50-46-40-32-28-24-20-16-12-8-4)72-94-98(87,88)92-68-73(80)67-91-97(85,86)93-71-74(95-78(83)65-61-57-53-49-45-39-31-27-23-19-15-11-7-3)69-89-76(81)63-59-55-51-47-43-41-37-34-30-26-22-18-14-10-6-2/h9-10,13-16,19-22,25-28,31-35,37,73-75,80H,5-8,11-12,17-18,23-24,29-30,36,38-72H2,1-4H3,(H,85,86)(H,87,88)/b13-9-,14-10-,19-15-,20-16-,25-21-,26-22-,31-27-,32-28-,35-33-,37-34-. The van der Waals surface area contributed by atoms with E-state index in [0.717, 1.165) is 218 Å². The molecule has 17 nitrogen and oxygen atoms in total. The molecule has 0 aromatic heterocycles. The molecule has 0 aromatic rings. The average Bonchev–Trinajstić information content (AvgIpc) is 0.969. The van der Waals surface area contributed by atoms with Crippen molar-refractivity contribution in [3.05, 3.63) is 122 Å². The first kappa shape index (κ1) is 93.5. The Kier molecular flexibility index (Phi) is 67.6. The predicted octanol–water partition coefficient (Wildman–Crippen LogP) is 21.6. The van der Waals surface area contributed by atoms with Gasteiger partial charge in [0.1, 0.15) is 19.3 Å². The van der Waals surface area contributed by atoms with Crippen LogP contribution in [0, 0.1) is 0 Å². The van der Waals surface area contributed by atoms with Crippen molar-refractivity contribution in [1.29, 1.82) is 0 Å². The molecule has 3 N–H and O–H groups in total. The minimum atomic E-state index is -4.98. The Labute approximate surface area is 593 Å². The maximum Gasteiger partial charge on any atom is 0.472 e. The Morgan fingerprint density at radius 2 is 0.531 bits per heavy atom. The average molecular weight is 1420 g/mol. The minimum absolute atomic E-state index is 0.0725. The molecule has 0 heterocycles. The molecule has 0 rings (SSSR count). The number of aliphatic hydroxyl groups is 1. The molecule has 19 heteroatoms. The van der Waals surface area contributed by atoms with Crippen molar-refractivity contribution in [3.63, 3.8) is 0 Å². The van der Waals surface area contributed by atoms with Crippen LogP contribution in [0.5, 0.6) is 0 Å². The molecule has 0 aliphatic rings. The maximum atomic E-state index is 13.1. The first-order valence-corrected chi connectivity index (χ1v) is 40.8. The van der Waals surface area contributed by atoms with Crippen molar-refractivity contribution < 1.29 is 80.2 Å². The fourth-order valence-corrected chi connectivity index (χ4v) is 11.3. The molecule has 562 valence electrons. The first-order valence-electron chi connectivity index (χ1n) is 37.8. The number of aliphatic hydroxyl groups excluding tert-OH is 1. The van der Waals surface area contributed by atoms with E-state index in [2.05, 4.69) is 149 Å². The van der Waals surface area contributed by atoms with Crippen LogP contribution in [0.2, 0.25) is 0 Å². The summed E-state index contributed by atoms with van der Waals surface area (Å²) in [6.07, 6.45) is 76.2. The number of allylic oxidation sites excluding steroid dienone is 20. The molecule has 98 heavy (non-hydrogen) atoms. The van der Waals surface area contributed by atoms with Gasteiger partial charge < -0.3 is 33.8 Å². The van der Waals surface area contributed by atoms with Gasteiger partial charge in [-0.05, 0) is 141 Å². The molecule has 0 saturated carbocycles. The number of rotatable bonds is 70. The number of hydrogen-bond donors (Lipinski definition) is 3. The number of ether oxygens (including phenoxy) is 4. The lowest BCUT2D eigenvalue weighted by Gasteiger charge is -2.21. The first-order chi connectivity index (χ1) is 47.7.